The van der Waals surface area contributed by atoms with E-state index in [0.717, 1.165) is 5.57 Å². The molecule has 1 saturated heterocycles. The average molecular weight is 534 g/mol. The zero-order valence-electron chi connectivity index (χ0n) is 21.9. The van der Waals surface area contributed by atoms with Gasteiger partial charge < -0.3 is 14.9 Å². The van der Waals surface area contributed by atoms with Gasteiger partial charge in [0.25, 0.3) is 0 Å². The molecule has 1 heterocycles. The Morgan fingerprint density at radius 3 is 2.56 bits per heavy atom. The maximum Gasteiger partial charge on any atom is 0.303 e. The van der Waals surface area contributed by atoms with Crippen LogP contribution in [0.1, 0.15) is 56.9 Å². The molecule has 0 radical (unpaired) electrons. The average Bonchev–Trinajstić information content (AvgIpc) is 3.15. The number of fused-ring (bicyclic) bond motifs is 3. The minimum absolute atomic E-state index is 0.0394. The summed E-state index contributed by atoms with van der Waals surface area (Å²) >= 11 is 0. The normalized spacial score (nSPS) is 26.2. The number of imide groups is 1. The van der Waals surface area contributed by atoms with E-state index in [1.165, 1.54) is 24.2 Å². The lowest BCUT2D eigenvalue weighted by atomic mass is 9.59. The number of likely N-dealkylation sites (tertiary alicyclic amines) is 1. The molecule has 9 heteroatoms. The van der Waals surface area contributed by atoms with E-state index in [9.17, 15) is 29.1 Å². The van der Waals surface area contributed by atoms with Gasteiger partial charge in [0.05, 0.1) is 18.9 Å². The smallest absolute Gasteiger partial charge is 0.303 e. The number of carboxylic acid groups (broad SMARTS) is 1. The Bertz CT molecular complexity index is 1380. The van der Waals surface area contributed by atoms with Crippen LogP contribution in [0.15, 0.2) is 52.6 Å². The number of aromatic hydroxyl groups is 1. The number of phenols is 1. The van der Waals surface area contributed by atoms with Gasteiger partial charge in [-0.05, 0) is 56.7 Å². The fourth-order valence-electron chi connectivity index (χ4n) is 6.72. The van der Waals surface area contributed by atoms with E-state index in [2.05, 4.69) is 0 Å². The maximum atomic E-state index is 13.7. The third-order valence-corrected chi connectivity index (χ3v) is 8.48. The molecule has 1 aliphatic heterocycles. The zero-order valence-corrected chi connectivity index (χ0v) is 21.9. The summed E-state index contributed by atoms with van der Waals surface area (Å²) in [5, 5.41) is 19.8. The molecule has 0 saturated carbocycles. The van der Waals surface area contributed by atoms with Crippen LogP contribution in [-0.4, -0.2) is 58.1 Å². The van der Waals surface area contributed by atoms with E-state index in [1.807, 2.05) is 6.08 Å². The fraction of sp³-hybridized carbons (Fsp3) is 0.433. The van der Waals surface area contributed by atoms with E-state index in [1.54, 1.807) is 19.1 Å². The molecule has 0 aromatic heterocycles. The lowest BCUT2D eigenvalue weighted by Crippen LogP contribution is -2.40. The van der Waals surface area contributed by atoms with Crippen molar-refractivity contribution in [3.8, 4) is 11.5 Å². The summed E-state index contributed by atoms with van der Waals surface area (Å²) < 4.78 is 5.56. The Morgan fingerprint density at radius 2 is 1.85 bits per heavy atom. The zero-order chi connectivity index (χ0) is 28.0. The predicted octanol–water partition coefficient (Wildman–Crippen LogP) is 3.48. The molecular weight excluding hydrogens is 502 g/mol. The van der Waals surface area contributed by atoms with Gasteiger partial charge in [-0.2, -0.15) is 0 Å². The molecule has 2 amide bonds. The molecule has 1 aromatic rings. The van der Waals surface area contributed by atoms with Crippen molar-refractivity contribution in [1.82, 2.24) is 4.90 Å². The first-order valence-corrected chi connectivity index (χ1v) is 13.3. The van der Waals surface area contributed by atoms with Crippen LogP contribution in [0.2, 0.25) is 0 Å². The van der Waals surface area contributed by atoms with E-state index in [-0.39, 0.29) is 48.5 Å². The number of benzene rings is 1. The van der Waals surface area contributed by atoms with Gasteiger partial charge in [-0.1, -0.05) is 24.1 Å². The molecule has 0 unspecified atom stereocenters. The third kappa shape index (κ3) is 4.39. The van der Waals surface area contributed by atoms with E-state index in [0.29, 0.717) is 53.7 Å². The second kappa shape index (κ2) is 10.3. The largest absolute Gasteiger partial charge is 0.507 e. The first kappa shape index (κ1) is 26.6. The Labute approximate surface area is 225 Å². The highest BCUT2D eigenvalue weighted by Gasteiger charge is 2.56. The number of unbranched alkanes of at least 4 members (excludes halogenated alkanes) is 2. The second-order valence-corrected chi connectivity index (χ2v) is 10.7. The summed E-state index contributed by atoms with van der Waals surface area (Å²) in [5.41, 5.74) is 2.04. The van der Waals surface area contributed by atoms with E-state index >= 15 is 0 Å². The number of aliphatic carboxylic acids is 1. The summed E-state index contributed by atoms with van der Waals surface area (Å²) in [7, 11) is 1.46. The summed E-state index contributed by atoms with van der Waals surface area (Å²) in [5.74, 6) is -4.26. The summed E-state index contributed by atoms with van der Waals surface area (Å²) in [6.07, 6.45) is 5.30. The maximum absolute atomic E-state index is 13.7. The highest BCUT2D eigenvalue weighted by molar-refractivity contribution is 6.23. The molecule has 0 bridgehead atoms. The van der Waals surface area contributed by atoms with Crippen molar-refractivity contribution in [3.05, 3.63) is 58.2 Å². The van der Waals surface area contributed by atoms with Crippen LogP contribution in [0.4, 0.5) is 0 Å². The van der Waals surface area contributed by atoms with Gasteiger partial charge in [0.1, 0.15) is 11.5 Å². The number of hydrogen-bond donors (Lipinski definition) is 2. The molecule has 3 aliphatic carbocycles. The number of carboxylic acids is 1. The number of ketones is 2. The number of nitrogens with zero attached hydrogens (tertiary/aromatic N) is 1. The van der Waals surface area contributed by atoms with Crippen molar-refractivity contribution in [2.75, 3.05) is 13.7 Å². The van der Waals surface area contributed by atoms with Crippen molar-refractivity contribution < 1.29 is 38.9 Å². The van der Waals surface area contributed by atoms with Gasteiger partial charge in [-0.25, -0.2) is 0 Å². The van der Waals surface area contributed by atoms with Crippen LogP contribution in [-0.2, 0) is 24.0 Å². The molecule has 4 atom stereocenters. The predicted molar refractivity (Wildman–Crippen MR) is 139 cm³/mol. The van der Waals surface area contributed by atoms with Crippen LogP contribution in [0.25, 0.3) is 0 Å². The lowest BCUT2D eigenvalue weighted by Gasteiger charge is -2.42. The Hall–Kier alpha value is -4.01. The number of carbonyl (C=O) groups excluding carboxylic acids is 4. The van der Waals surface area contributed by atoms with Gasteiger partial charge in [-0.15, -0.1) is 0 Å². The molecule has 5 rings (SSSR count). The van der Waals surface area contributed by atoms with Crippen LogP contribution in [0.5, 0.6) is 11.5 Å². The molecule has 2 N–H and O–H groups in total. The molecule has 39 heavy (non-hydrogen) atoms. The monoisotopic (exact) mass is 533 g/mol. The molecule has 9 nitrogen and oxygen atoms in total. The number of methoxy groups -OCH3 is 1. The minimum Gasteiger partial charge on any atom is -0.507 e. The quantitative estimate of drug-likeness (QED) is 0.224. The van der Waals surface area contributed by atoms with E-state index in [4.69, 9.17) is 9.84 Å². The first-order chi connectivity index (χ1) is 18.6. The van der Waals surface area contributed by atoms with Crippen LogP contribution >= 0.6 is 0 Å². The number of carbonyl (C=O) groups is 5. The van der Waals surface area contributed by atoms with Crippen molar-refractivity contribution >= 4 is 29.4 Å². The number of rotatable bonds is 8. The lowest BCUT2D eigenvalue weighted by molar-refractivity contribution is -0.141. The molecular formula is C30H31NO8. The summed E-state index contributed by atoms with van der Waals surface area (Å²) in [6, 6.07) is 4.81. The molecule has 1 fully saturated rings. The van der Waals surface area contributed by atoms with Crippen molar-refractivity contribution in [3.63, 3.8) is 0 Å². The van der Waals surface area contributed by atoms with Crippen molar-refractivity contribution in [2.45, 2.75) is 51.4 Å². The topological polar surface area (TPSA) is 138 Å². The Balaban J connectivity index is 1.53. The number of Topliss-reactive ketones (excluding diaryl/α,β-unsaturated/α-hetero) is 1. The Morgan fingerprint density at radius 1 is 1.08 bits per heavy atom. The molecule has 0 spiro atoms. The highest BCUT2D eigenvalue weighted by atomic mass is 16.5. The number of phenolic OH excluding ortho intramolecular Hbond substituents is 1. The minimum atomic E-state index is -0.879. The summed E-state index contributed by atoms with van der Waals surface area (Å²) in [6.45, 7) is 1.81. The van der Waals surface area contributed by atoms with Crippen LogP contribution < -0.4 is 4.74 Å². The SMILES string of the molecule is COc1cccc(O)c1[C@H]1C2=CC[C@@H]3C(=O)N(CCCCCC(=O)O)C(=O)[C@@H]3[C@@H]2CC2=C1C(=O)C=C(C)C2=O. The van der Waals surface area contributed by atoms with Gasteiger partial charge in [-0.3, -0.25) is 28.9 Å². The summed E-state index contributed by atoms with van der Waals surface area (Å²) in [4.78, 5) is 65.8. The molecule has 204 valence electrons. The van der Waals surface area contributed by atoms with Crippen LogP contribution in [0.3, 0.4) is 0 Å². The fourth-order valence-corrected chi connectivity index (χ4v) is 6.72. The van der Waals surface area contributed by atoms with Gasteiger partial charge in [0, 0.05) is 41.2 Å². The van der Waals surface area contributed by atoms with Crippen molar-refractivity contribution in [1.29, 1.82) is 0 Å². The third-order valence-electron chi connectivity index (χ3n) is 8.48. The van der Waals surface area contributed by atoms with Crippen LogP contribution in [0, 0.1) is 17.8 Å². The van der Waals surface area contributed by atoms with Gasteiger partial charge in [0.2, 0.25) is 11.8 Å². The second-order valence-electron chi connectivity index (χ2n) is 10.7. The number of allylic oxidation sites excluding steroid dienone is 6. The van der Waals surface area contributed by atoms with Crippen molar-refractivity contribution in [2.24, 2.45) is 17.8 Å². The highest BCUT2D eigenvalue weighted by Crippen LogP contribution is 2.57. The molecule has 4 aliphatic rings. The van der Waals surface area contributed by atoms with E-state index < -0.39 is 29.6 Å². The Kier molecular flexibility index (Phi) is 7.01. The number of amides is 2. The van der Waals surface area contributed by atoms with Gasteiger partial charge in [0.15, 0.2) is 11.6 Å². The first-order valence-electron chi connectivity index (χ1n) is 13.3. The standard InChI is InChI=1S/C30H31NO8/c1-15-13-21(33)25-19(28(15)36)14-18-16(26(25)27-20(32)7-6-8-22(27)39-2)10-11-17-24(18)30(38)31(29(17)37)12-5-3-4-9-23(34)35/h6-8,10,13,17-18,24,26,32H,3-5,9,11-12,14H2,1-2H3,(H,34,35)/t17-,18+,24-,26-/m0/s1. The van der Waals surface area contributed by atoms with Gasteiger partial charge >= 0.3 is 5.97 Å². The number of ether oxygens (including phenoxy) is 1. The number of hydrogen-bond acceptors (Lipinski definition) is 7. The molecule has 1 aromatic carbocycles.